The quantitative estimate of drug-likeness (QED) is 0.101. The van der Waals surface area contributed by atoms with Gasteiger partial charge in [0.15, 0.2) is 11.4 Å². The molecule has 0 radical (unpaired) electrons. The third-order valence-electron chi connectivity index (χ3n) is 14.2. The SMILES string of the molecule is CN1C(=O)[C@@H](N2CCc3c(nn(Cc4ccccc4)c3Cl)C2=O)COc2cc(C(=O)NCCOCCOCCOCCNC(=O)c3ccc4c(c3)OC[C@H](N3CCc5c(nn(Cc6ccccc6)c5Cl)C3=O)C(=O)N4C)ccc21. The molecule has 0 aliphatic carbocycles. The fraction of sp³-hybridized carbons (Fsp3) is 0.357. The van der Waals surface area contributed by atoms with E-state index in [4.69, 9.17) is 46.9 Å². The number of halogens is 2. The van der Waals surface area contributed by atoms with E-state index in [1.165, 1.54) is 19.6 Å². The zero-order valence-electron chi connectivity index (χ0n) is 43.5. The average molecular weight is 1120 g/mol. The zero-order valence-corrected chi connectivity index (χ0v) is 45.0. The molecular weight excluding hydrogens is 1060 g/mol. The summed E-state index contributed by atoms with van der Waals surface area (Å²) in [4.78, 5) is 87.3. The Hall–Kier alpha value is -7.82. The topological polar surface area (TPSA) is 221 Å². The second-order valence-corrected chi connectivity index (χ2v) is 19.9. The van der Waals surface area contributed by atoms with Crippen molar-refractivity contribution in [2.75, 3.05) is 103 Å². The number of likely N-dealkylation sites (N-methyl/N-ethyl adjacent to an activating group) is 2. The molecule has 21 nitrogen and oxygen atoms in total. The highest BCUT2D eigenvalue weighted by Gasteiger charge is 2.43. The van der Waals surface area contributed by atoms with Gasteiger partial charge < -0.3 is 53.9 Å². The molecule has 6 amide bonds. The van der Waals surface area contributed by atoms with E-state index in [2.05, 4.69) is 20.8 Å². The number of anilines is 2. The van der Waals surface area contributed by atoms with Gasteiger partial charge in [-0.2, -0.15) is 10.2 Å². The van der Waals surface area contributed by atoms with Crippen molar-refractivity contribution in [1.29, 1.82) is 0 Å². The molecule has 0 unspecified atom stereocenters. The summed E-state index contributed by atoms with van der Waals surface area (Å²) in [5, 5.41) is 15.6. The number of benzene rings is 4. The number of rotatable bonds is 20. The van der Waals surface area contributed by atoms with Crippen molar-refractivity contribution in [3.8, 4) is 11.5 Å². The van der Waals surface area contributed by atoms with Gasteiger partial charge in [0.1, 0.15) is 47.1 Å². The highest BCUT2D eigenvalue weighted by atomic mass is 35.5. The Morgan fingerprint density at radius 3 is 1.37 bits per heavy atom. The Morgan fingerprint density at radius 1 is 0.570 bits per heavy atom. The van der Waals surface area contributed by atoms with Crippen LogP contribution < -0.4 is 29.9 Å². The molecule has 79 heavy (non-hydrogen) atoms. The van der Waals surface area contributed by atoms with Crippen LogP contribution in [-0.4, -0.2) is 170 Å². The molecule has 0 fully saturated rings. The van der Waals surface area contributed by atoms with E-state index >= 15 is 0 Å². The molecule has 6 aromatic rings. The first-order valence-electron chi connectivity index (χ1n) is 25.9. The van der Waals surface area contributed by atoms with Crippen molar-refractivity contribution in [2.45, 2.75) is 38.0 Å². The predicted molar refractivity (Wildman–Crippen MR) is 290 cm³/mol. The van der Waals surface area contributed by atoms with Crippen LogP contribution in [0.5, 0.6) is 11.5 Å². The minimum Gasteiger partial charge on any atom is -0.489 e. The van der Waals surface area contributed by atoms with Crippen LogP contribution in [0.2, 0.25) is 10.3 Å². The summed E-state index contributed by atoms with van der Waals surface area (Å²) >= 11 is 13.4. The standard InChI is InChI=1S/C56H58Cl2N10O11/c1-63-41-15-13-37(29-45(41)78-33-43(53(63)71)65-21-17-39-47(55(65)73)61-67(49(39)57)31-35-9-5-3-6-10-35)51(69)59-19-23-75-25-27-77-28-26-76-24-20-60-52(70)38-14-16-42-46(30-38)79-34-44(54(72)64(42)2)66-22-18-40-48(56(66)74)62-68(50(40)58)32-36-11-7-4-8-12-36/h3-16,29-30,43-44H,17-28,31-34H2,1-2H3,(H,59,69)(H,60,70)/t43-,44-/m0/s1. The molecule has 6 heterocycles. The molecule has 2 aromatic heterocycles. The molecule has 2 N–H and O–H groups in total. The van der Waals surface area contributed by atoms with Gasteiger partial charge in [0.25, 0.3) is 35.4 Å². The highest BCUT2D eigenvalue weighted by molar-refractivity contribution is 6.31. The second kappa shape index (κ2) is 24.5. The van der Waals surface area contributed by atoms with Gasteiger partial charge in [-0.05, 0) is 60.4 Å². The Balaban J connectivity index is 0.596. The summed E-state index contributed by atoms with van der Waals surface area (Å²) in [6.45, 7) is 3.18. The number of hydrogen-bond donors (Lipinski definition) is 2. The van der Waals surface area contributed by atoms with Crippen molar-refractivity contribution in [3.63, 3.8) is 0 Å². The van der Waals surface area contributed by atoms with E-state index in [1.807, 2.05) is 60.7 Å². The fourth-order valence-electron chi connectivity index (χ4n) is 9.93. The Kier molecular flexibility index (Phi) is 16.9. The summed E-state index contributed by atoms with van der Waals surface area (Å²) in [7, 11) is 3.22. The Labute approximate surface area is 465 Å². The van der Waals surface area contributed by atoms with E-state index in [9.17, 15) is 28.8 Å². The van der Waals surface area contributed by atoms with Crippen LogP contribution >= 0.6 is 23.2 Å². The largest absolute Gasteiger partial charge is 0.489 e. The number of nitrogens with zero attached hydrogens (tertiary/aromatic N) is 8. The maximum absolute atomic E-state index is 13.8. The molecule has 0 spiro atoms. The van der Waals surface area contributed by atoms with Crippen molar-refractivity contribution >= 4 is 70.0 Å². The number of ether oxygens (including phenoxy) is 5. The highest BCUT2D eigenvalue weighted by Crippen LogP contribution is 2.36. The van der Waals surface area contributed by atoms with E-state index in [-0.39, 0.29) is 101 Å². The summed E-state index contributed by atoms with van der Waals surface area (Å²) in [5.41, 5.74) is 5.30. The lowest BCUT2D eigenvalue weighted by Gasteiger charge is -2.33. The number of carbonyl (C=O) groups excluding carboxylic acids is 6. The molecule has 4 aliphatic heterocycles. The number of hydrogen-bond acceptors (Lipinski definition) is 13. The van der Waals surface area contributed by atoms with Gasteiger partial charge in [-0.15, -0.1) is 0 Å². The smallest absolute Gasteiger partial charge is 0.275 e. The van der Waals surface area contributed by atoms with Gasteiger partial charge in [0.05, 0.1) is 64.1 Å². The summed E-state index contributed by atoms with van der Waals surface area (Å²) in [5.74, 6) is -1.51. The minimum absolute atomic E-state index is 0.114. The lowest BCUT2D eigenvalue weighted by Crippen LogP contribution is -2.54. The summed E-state index contributed by atoms with van der Waals surface area (Å²) in [6.07, 6.45) is 0.857. The normalized spacial score (nSPS) is 17.0. The molecule has 0 saturated carbocycles. The van der Waals surface area contributed by atoms with E-state index in [0.29, 0.717) is 94.6 Å². The van der Waals surface area contributed by atoms with Gasteiger partial charge in [0.2, 0.25) is 0 Å². The Bertz CT molecular complexity index is 3050. The van der Waals surface area contributed by atoms with Gasteiger partial charge >= 0.3 is 0 Å². The lowest BCUT2D eigenvalue weighted by molar-refractivity contribution is -0.124. The van der Waals surface area contributed by atoms with E-state index in [0.717, 1.165) is 11.1 Å². The third-order valence-corrected chi connectivity index (χ3v) is 15.0. The molecule has 10 rings (SSSR count). The molecule has 0 saturated heterocycles. The molecule has 412 valence electrons. The fourth-order valence-corrected chi connectivity index (χ4v) is 10.5. The number of amides is 6. The molecule has 23 heteroatoms. The molecule has 4 aliphatic rings. The summed E-state index contributed by atoms with van der Waals surface area (Å²) in [6, 6.07) is 27.1. The van der Waals surface area contributed by atoms with Gasteiger partial charge in [-0.25, -0.2) is 9.36 Å². The van der Waals surface area contributed by atoms with Crippen LogP contribution in [0.15, 0.2) is 97.1 Å². The maximum Gasteiger partial charge on any atom is 0.275 e. The number of fused-ring (bicyclic) bond motifs is 4. The van der Waals surface area contributed by atoms with Crippen LogP contribution in [0.4, 0.5) is 11.4 Å². The lowest BCUT2D eigenvalue weighted by atomic mass is 10.0. The van der Waals surface area contributed by atoms with Crippen LogP contribution in [-0.2, 0) is 49.7 Å². The second-order valence-electron chi connectivity index (χ2n) is 19.2. The van der Waals surface area contributed by atoms with Crippen molar-refractivity contribution in [2.24, 2.45) is 0 Å². The first-order chi connectivity index (χ1) is 38.4. The van der Waals surface area contributed by atoms with E-state index in [1.54, 1.807) is 59.9 Å². The van der Waals surface area contributed by atoms with Crippen molar-refractivity contribution in [1.82, 2.24) is 40.0 Å². The van der Waals surface area contributed by atoms with Crippen LogP contribution in [0.1, 0.15) is 63.9 Å². The molecule has 0 bridgehead atoms. The zero-order chi connectivity index (χ0) is 55.2. The number of carbonyl (C=O) groups is 6. The van der Waals surface area contributed by atoms with Crippen LogP contribution in [0.25, 0.3) is 0 Å². The minimum atomic E-state index is -0.926. The first kappa shape index (κ1) is 54.5. The average Bonchev–Trinajstić information content (AvgIpc) is 4.15. The van der Waals surface area contributed by atoms with Crippen molar-refractivity contribution < 1.29 is 52.5 Å². The number of aromatic nitrogens is 4. The van der Waals surface area contributed by atoms with Crippen LogP contribution in [0, 0.1) is 0 Å². The monoisotopic (exact) mass is 1120 g/mol. The van der Waals surface area contributed by atoms with Gasteiger partial charge in [-0.3, -0.25) is 28.8 Å². The van der Waals surface area contributed by atoms with Crippen LogP contribution in [0.3, 0.4) is 0 Å². The first-order valence-corrected chi connectivity index (χ1v) is 26.7. The number of nitrogens with one attached hydrogen (secondary N) is 2. The summed E-state index contributed by atoms with van der Waals surface area (Å²) < 4.78 is 32.3. The molecule has 4 aromatic carbocycles. The predicted octanol–water partition coefficient (Wildman–Crippen LogP) is 4.54. The molecular formula is C56H58Cl2N10O11. The Morgan fingerprint density at radius 2 is 0.962 bits per heavy atom. The van der Waals surface area contributed by atoms with Gasteiger partial charge in [-0.1, -0.05) is 83.9 Å². The van der Waals surface area contributed by atoms with Gasteiger partial charge in [0, 0.05) is 62.5 Å². The van der Waals surface area contributed by atoms with E-state index < -0.39 is 23.9 Å². The maximum atomic E-state index is 13.8. The molecule has 2 atom stereocenters. The third kappa shape index (κ3) is 11.8. The van der Waals surface area contributed by atoms with Crippen molar-refractivity contribution in [3.05, 3.63) is 152 Å².